The van der Waals surface area contributed by atoms with Gasteiger partial charge in [-0.1, -0.05) is 17.7 Å². The first kappa shape index (κ1) is 16.8. The Balaban J connectivity index is 2.40. The zero-order valence-corrected chi connectivity index (χ0v) is 12.9. The molecule has 0 aliphatic heterocycles. The van der Waals surface area contributed by atoms with Crippen LogP contribution in [0.5, 0.6) is 0 Å². The zero-order valence-electron chi connectivity index (χ0n) is 11.4. The van der Waals surface area contributed by atoms with Gasteiger partial charge >= 0.3 is 0 Å². The van der Waals surface area contributed by atoms with Crippen molar-refractivity contribution in [3.8, 4) is 0 Å². The van der Waals surface area contributed by atoms with Gasteiger partial charge in [0.25, 0.3) is 0 Å². The van der Waals surface area contributed by atoms with Gasteiger partial charge in [0.05, 0.1) is 0 Å². The minimum Gasteiger partial charge on any atom is -0.207 e. The van der Waals surface area contributed by atoms with Crippen LogP contribution in [0, 0.1) is 17.5 Å². The third-order valence-corrected chi connectivity index (χ3v) is 5.20. The SMILES string of the molecule is CN(Cc1c(F)cccc1Cl)S(=O)(=O)c1cc(F)ccc1F. The van der Waals surface area contributed by atoms with Crippen LogP contribution in [-0.2, 0) is 16.6 Å². The van der Waals surface area contributed by atoms with E-state index in [2.05, 4.69) is 0 Å². The Morgan fingerprint density at radius 1 is 1.09 bits per heavy atom. The summed E-state index contributed by atoms with van der Waals surface area (Å²) in [5, 5.41) is 0.0433. The van der Waals surface area contributed by atoms with E-state index in [0.29, 0.717) is 16.4 Å². The molecule has 2 aromatic carbocycles. The number of halogens is 4. The minimum absolute atomic E-state index is 0.0433. The fourth-order valence-electron chi connectivity index (χ4n) is 1.83. The van der Waals surface area contributed by atoms with E-state index in [0.717, 1.165) is 19.2 Å². The summed E-state index contributed by atoms with van der Waals surface area (Å²) in [6, 6.07) is 6.01. The first-order valence-electron chi connectivity index (χ1n) is 6.08. The largest absolute Gasteiger partial charge is 0.246 e. The quantitative estimate of drug-likeness (QED) is 0.846. The highest BCUT2D eigenvalue weighted by molar-refractivity contribution is 7.89. The van der Waals surface area contributed by atoms with Crippen molar-refractivity contribution in [2.45, 2.75) is 11.4 Å². The molecule has 2 rings (SSSR count). The number of sulfonamides is 1. The smallest absolute Gasteiger partial charge is 0.207 e. The van der Waals surface area contributed by atoms with Gasteiger partial charge < -0.3 is 0 Å². The highest BCUT2D eigenvalue weighted by Gasteiger charge is 2.26. The van der Waals surface area contributed by atoms with Gasteiger partial charge in [-0.15, -0.1) is 0 Å². The van der Waals surface area contributed by atoms with Crippen LogP contribution in [0.2, 0.25) is 5.02 Å². The first-order valence-corrected chi connectivity index (χ1v) is 7.89. The van der Waals surface area contributed by atoms with Crippen LogP contribution in [0.4, 0.5) is 13.2 Å². The van der Waals surface area contributed by atoms with Crippen molar-refractivity contribution in [3.63, 3.8) is 0 Å². The molecule has 0 heterocycles. The molecule has 0 atom stereocenters. The van der Waals surface area contributed by atoms with E-state index >= 15 is 0 Å². The minimum atomic E-state index is -4.33. The molecule has 0 fully saturated rings. The number of benzene rings is 2. The molecule has 0 unspecified atom stereocenters. The lowest BCUT2D eigenvalue weighted by molar-refractivity contribution is 0.449. The second-order valence-corrected chi connectivity index (χ2v) is 6.96. The Kier molecular flexibility index (Phi) is 4.79. The van der Waals surface area contributed by atoms with Crippen molar-refractivity contribution >= 4 is 21.6 Å². The van der Waals surface area contributed by atoms with Gasteiger partial charge in [-0.05, 0) is 30.3 Å². The average Bonchev–Trinajstić information content (AvgIpc) is 2.45. The number of nitrogens with zero attached hydrogens (tertiary/aromatic N) is 1. The molecule has 0 radical (unpaired) electrons. The summed E-state index contributed by atoms with van der Waals surface area (Å²) in [7, 11) is -3.20. The van der Waals surface area contributed by atoms with Crippen LogP contribution < -0.4 is 0 Å². The summed E-state index contributed by atoms with van der Waals surface area (Å²) in [4.78, 5) is -0.817. The van der Waals surface area contributed by atoms with Gasteiger partial charge in [-0.3, -0.25) is 0 Å². The van der Waals surface area contributed by atoms with Crippen molar-refractivity contribution in [2.24, 2.45) is 0 Å². The number of hydrogen-bond acceptors (Lipinski definition) is 2. The van der Waals surface area contributed by atoms with Crippen LogP contribution in [0.25, 0.3) is 0 Å². The summed E-state index contributed by atoms with van der Waals surface area (Å²) >= 11 is 5.83. The Hall–Kier alpha value is -1.57. The molecular weight excluding hydrogens is 339 g/mol. The molecule has 2 aromatic rings. The van der Waals surface area contributed by atoms with Crippen molar-refractivity contribution in [1.82, 2.24) is 4.31 Å². The van der Waals surface area contributed by atoms with Crippen LogP contribution in [0.1, 0.15) is 5.56 Å². The zero-order chi connectivity index (χ0) is 16.5. The molecular formula is C14H11ClF3NO2S. The highest BCUT2D eigenvalue weighted by atomic mass is 35.5. The van der Waals surface area contributed by atoms with E-state index < -0.39 is 38.9 Å². The van der Waals surface area contributed by atoms with Gasteiger partial charge in [-0.2, -0.15) is 4.31 Å². The monoisotopic (exact) mass is 349 g/mol. The third kappa shape index (κ3) is 3.26. The summed E-state index contributed by atoms with van der Waals surface area (Å²) in [6.45, 7) is -0.413. The summed E-state index contributed by atoms with van der Waals surface area (Å²) in [5.41, 5.74) is -0.0490. The molecule has 0 spiro atoms. The maximum atomic E-state index is 13.7. The molecule has 0 aliphatic rings. The predicted molar refractivity (Wildman–Crippen MR) is 76.4 cm³/mol. The normalized spacial score (nSPS) is 11.9. The molecule has 0 bridgehead atoms. The predicted octanol–water partition coefficient (Wildman–Crippen LogP) is 3.58. The van der Waals surface area contributed by atoms with Gasteiger partial charge in [0.15, 0.2) is 0 Å². The molecule has 0 saturated heterocycles. The van der Waals surface area contributed by atoms with Crippen molar-refractivity contribution in [2.75, 3.05) is 7.05 Å². The Labute approximate surface area is 131 Å². The fraction of sp³-hybridized carbons (Fsp3) is 0.143. The first-order chi connectivity index (χ1) is 10.2. The highest BCUT2D eigenvalue weighted by Crippen LogP contribution is 2.25. The third-order valence-electron chi connectivity index (χ3n) is 3.02. The Morgan fingerprint density at radius 2 is 1.77 bits per heavy atom. The summed E-state index contributed by atoms with van der Waals surface area (Å²) < 4.78 is 65.8. The topological polar surface area (TPSA) is 37.4 Å². The molecule has 0 saturated carbocycles. The molecule has 0 N–H and O–H groups in total. The molecule has 0 aromatic heterocycles. The fourth-order valence-corrected chi connectivity index (χ4v) is 3.27. The lowest BCUT2D eigenvalue weighted by atomic mass is 10.2. The van der Waals surface area contributed by atoms with E-state index in [1.807, 2.05) is 0 Å². The maximum Gasteiger partial charge on any atom is 0.246 e. The van der Waals surface area contributed by atoms with Gasteiger partial charge in [0.2, 0.25) is 10.0 Å². The second kappa shape index (κ2) is 6.28. The van der Waals surface area contributed by atoms with Crippen LogP contribution in [-0.4, -0.2) is 19.8 Å². The molecule has 118 valence electrons. The molecule has 3 nitrogen and oxygen atoms in total. The van der Waals surface area contributed by atoms with Gasteiger partial charge in [0, 0.05) is 24.2 Å². The van der Waals surface area contributed by atoms with Crippen molar-refractivity contribution in [1.29, 1.82) is 0 Å². The average molecular weight is 350 g/mol. The second-order valence-electron chi connectivity index (χ2n) is 4.54. The lowest BCUT2D eigenvalue weighted by Crippen LogP contribution is -2.28. The molecule has 8 heteroatoms. The van der Waals surface area contributed by atoms with Crippen LogP contribution >= 0.6 is 11.6 Å². The summed E-state index contributed by atoms with van der Waals surface area (Å²) in [5.74, 6) is -2.67. The van der Waals surface area contributed by atoms with Gasteiger partial charge in [0.1, 0.15) is 22.3 Å². The standard InChI is InChI=1S/C14H11ClF3NO2S/c1-19(8-10-11(15)3-2-4-12(10)17)22(20,21)14-7-9(16)5-6-13(14)18/h2-7H,8H2,1H3. The molecule has 0 aliphatic carbocycles. The summed E-state index contributed by atoms with van der Waals surface area (Å²) in [6.07, 6.45) is 0. The van der Waals surface area contributed by atoms with E-state index in [-0.39, 0.29) is 10.6 Å². The van der Waals surface area contributed by atoms with E-state index in [9.17, 15) is 21.6 Å². The molecule has 22 heavy (non-hydrogen) atoms. The lowest BCUT2D eigenvalue weighted by Gasteiger charge is -2.18. The number of hydrogen-bond donors (Lipinski definition) is 0. The Morgan fingerprint density at radius 3 is 2.41 bits per heavy atom. The van der Waals surface area contributed by atoms with Crippen LogP contribution in [0.3, 0.4) is 0 Å². The Bertz CT molecular complexity index is 791. The maximum absolute atomic E-state index is 13.7. The van der Waals surface area contributed by atoms with E-state index in [1.165, 1.54) is 12.1 Å². The van der Waals surface area contributed by atoms with Gasteiger partial charge in [-0.25, -0.2) is 21.6 Å². The molecule has 0 amide bonds. The van der Waals surface area contributed by atoms with Crippen molar-refractivity contribution in [3.05, 3.63) is 64.4 Å². The van der Waals surface area contributed by atoms with Crippen molar-refractivity contribution < 1.29 is 21.6 Å². The number of rotatable bonds is 4. The van der Waals surface area contributed by atoms with E-state index in [1.54, 1.807) is 0 Å². The van der Waals surface area contributed by atoms with Crippen LogP contribution in [0.15, 0.2) is 41.3 Å². The van der Waals surface area contributed by atoms with E-state index in [4.69, 9.17) is 11.6 Å².